The zero-order valence-electron chi connectivity index (χ0n) is 15.5. The standard InChI is InChI=1S/C20H38O3/c1-3-5-7-8-9-10-11-12-13-14-16-18-20(22)23-19(21)17-15-6-4-2/h3-18H2,1-2H3. The lowest BCUT2D eigenvalue weighted by molar-refractivity contribution is -0.159. The Bertz CT molecular complexity index is 287. The third-order valence-corrected chi connectivity index (χ3v) is 4.20. The number of carbonyl (C=O) groups excluding carboxylic acids is 2. The Kier molecular flexibility index (Phi) is 16.8. The van der Waals surface area contributed by atoms with Crippen LogP contribution in [0.5, 0.6) is 0 Å². The highest BCUT2D eigenvalue weighted by Crippen LogP contribution is 2.12. The summed E-state index contributed by atoms with van der Waals surface area (Å²) >= 11 is 0. The van der Waals surface area contributed by atoms with Gasteiger partial charge >= 0.3 is 11.9 Å². The first-order valence-corrected chi connectivity index (χ1v) is 9.94. The van der Waals surface area contributed by atoms with Gasteiger partial charge in [0.1, 0.15) is 0 Å². The Labute approximate surface area is 143 Å². The van der Waals surface area contributed by atoms with Crippen molar-refractivity contribution in [3.05, 3.63) is 0 Å². The second kappa shape index (κ2) is 17.5. The summed E-state index contributed by atoms with van der Waals surface area (Å²) in [5.74, 6) is -0.700. The summed E-state index contributed by atoms with van der Waals surface area (Å²) in [4.78, 5) is 22.9. The minimum absolute atomic E-state index is 0.345. The molecule has 3 heteroatoms. The molecule has 0 N–H and O–H groups in total. The molecule has 0 saturated carbocycles. The summed E-state index contributed by atoms with van der Waals surface area (Å²) in [6, 6.07) is 0. The Balaban J connectivity index is 3.27. The van der Waals surface area contributed by atoms with Crippen LogP contribution in [-0.4, -0.2) is 11.9 Å². The quantitative estimate of drug-likeness (QED) is 0.189. The first-order chi connectivity index (χ1) is 11.2. The van der Waals surface area contributed by atoms with Gasteiger partial charge in [0.05, 0.1) is 0 Å². The zero-order valence-corrected chi connectivity index (χ0v) is 15.5. The van der Waals surface area contributed by atoms with Gasteiger partial charge in [0.15, 0.2) is 0 Å². The van der Waals surface area contributed by atoms with Gasteiger partial charge in [-0.15, -0.1) is 0 Å². The predicted octanol–water partition coefficient (Wildman–Crippen LogP) is 6.34. The molecule has 0 aromatic rings. The average molecular weight is 327 g/mol. The van der Waals surface area contributed by atoms with Gasteiger partial charge in [-0.25, -0.2) is 0 Å². The van der Waals surface area contributed by atoms with Crippen molar-refractivity contribution in [3.63, 3.8) is 0 Å². The second-order valence-corrected chi connectivity index (χ2v) is 6.59. The molecule has 0 aromatic carbocycles. The van der Waals surface area contributed by atoms with E-state index in [0.29, 0.717) is 12.8 Å². The third kappa shape index (κ3) is 17.3. The molecule has 0 aliphatic carbocycles. The van der Waals surface area contributed by atoms with Gasteiger partial charge in [0.2, 0.25) is 0 Å². The number of hydrogen-bond donors (Lipinski definition) is 0. The van der Waals surface area contributed by atoms with Crippen LogP contribution < -0.4 is 0 Å². The van der Waals surface area contributed by atoms with Gasteiger partial charge in [0.25, 0.3) is 0 Å². The van der Waals surface area contributed by atoms with Crippen LogP contribution in [-0.2, 0) is 14.3 Å². The molecule has 0 bridgehead atoms. The monoisotopic (exact) mass is 326 g/mol. The minimum atomic E-state index is -0.355. The largest absolute Gasteiger partial charge is 0.393 e. The van der Waals surface area contributed by atoms with Crippen LogP contribution >= 0.6 is 0 Å². The third-order valence-electron chi connectivity index (χ3n) is 4.20. The second-order valence-electron chi connectivity index (χ2n) is 6.59. The van der Waals surface area contributed by atoms with Gasteiger partial charge in [-0.3, -0.25) is 9.59 Å². The summed E-state index contributed by atoms with van der Waals surface area (Å²) in [5, 5.41) is 0. The highest BCUT2D eigenvalue weighted by atomic mass is 16.6. The molecule has 0 rings (SSSR count). The maximum absolute atomic E-state index is 11.5. The number of ether oxygens (including phenoxy) is 1. The maximum atomic E-state index is 11.5. The fourth-order valence-corrected chi connectivity index (χ4v) is 2.68. The molecule has 0 spiro atoms. The van der Waals surface area contributed by atoms with Crippen molar-refractivity contribution in [2.45, 2.75) is 117 Å². The minimum Gasteiger partial charge on any atom is -0.393 e. The molecular formula is C20H38O3. The number of esters is 2. The van der Waals surface area contributed by atoms with Gasteiger partial charge < -0.3 is 4.74 Å². The number of carbonyl (C=O) groups is 2. The average Bonchev–Trinajstić information content (AvgIpc) is 2.52. The van der Waals surface area contributed by atoms with Crippen LogP contribution in [0.3, 0.4) is 0 Å². The fourth-order valence-electron chi connectivity index (χ4n) is 2.68. The highest BCUT2D eigenvalue weighted by molar-refractivity contribution is 5.85. The normalized spacial score (nSPS) is 10.7. The van der Waals surface area contributed by atoms with E-state index < -0.39 is 0 Å². The van der Waals surface area contributed by atoms with E-state index in [9.17, 15) is 9.59 Å². The van der Waals surface area contributed by atoms with Crippen LogP contribution in [0.2, 0.25) is 0 Å². The van der Waals surface area contributed by atoms with Crippen LogP contribution in [0.1, 0.15) is 117 Å². The number of unbranched alkanes of at least 4 members (excludes halogenated alkanes) is 12. The molecule has 0 unspecified atom stereocenters. The molecule has 0 atom stereocenters. The Morgan fingerprint density at radius 2 is 0.826 bits per heavy atom. The highest BCUT2D eigenvalue weighted by Gasteiger charge is 2.09. The van der Waals surface area contributed by atoms with Crippen LogP contribution in [0, 0.1) is 0 Å². The Hall–Kier alpha value is -0.860. The van der Waals surface area contributed by atoms with E-state index in [1.807, 2.05) is 0 Å². The van der Waals surface area contributed by atoms with E-state index in [1.54, 1.807) is 0 Å². The van der Waals surface area contributed by atoms with Gasteiger partial charge in [-0.1, -0.05) is 90.9 Å². The topological polar surface area (TPSA) is 43.4 Å². The summed E-state index contributed by atoms with van der Waals surface area (Å²) in [5.41, 5.74) is 0. The van der Waals surface area contributed by atoms with Crippen molar-refractivity contribution in [1.29, 1.82) is 0 Å². The Morgan fingerprint density at radius 1 is 0.522 bits per heavy atom. The van der Waals surface area contributed by atoms with Gasteiger partial charge in [-0.2, -0.15) is 0 Å². The van der Waals surface area contributed by atoms with Crippen LogP contribution in [0.25, 0.3) is 0 Å². The van der Waals surface area contributed by atoms with Crippen molar-refractivity contribution < 1.29 is 14.3 Å². The molecule has 0 aliphatic rings. The molecular weight excluding hydrogens is 288 g/mol. The smallest absolute Gasteiger partial charge is 0.313 e. The lowest BCUT2D eigenvalue weighted by atomic mass is 10.1. The molecule has 0 fully saturated rings. The molecule has 3 nitrogen and oxygen atoms in total. The molecule has 0 radical (unpaired) electrons. The first kappa shape index (κ1) is 22.1. The van der Waals surface area contributed by atoms with Gasteiger partial charge in [0, 0.05) is 12.8 Å². The van der Waals surface area contributed by atoms with E-state index in [2.05, 4.69) is 13.8 Å². The van der Waals surface area contributed by atoms with E-state index >= 15 is 0 Å². The number of hydrogen-bond acceptors (Lipinski definition) is 3. The molecule has 23 heavy (non-hydrogen) atoms. The predicted molar refractivity (Wildman–Crippen MR) is 96.3 cm³/mol. The Morgan fingerprint density at radius 3 is 1.26 bits per heavy atom. The SMILES string of the molecule is CCCCCCCCCCCCCC(=O)OC(=O)CCCCC. The lowest BCUT2D eigenvalue weighted by Gasteiger charge is -2.04. The van der Waals surface area contributed by atoms with Crippen molar-refractivity contribution in [1.82, 2.24) is 0 Å². The molecule has 0 aliphatic heterocycles. The van der Waals surface area contributed by atoms with Crippen LogP contribution in [0.15, 0.2) is 0 Å². The molecule has 0 amide bonds. The zero-order chi connectivity index (χ0) is 17.2. The summed E-state index contributed by atoms with van der Waals surface area (Å²) in [6.07, 6.45) is 17.5. The summed E-state index contributed by atoms with van der Waals surface area (Å²) in [6.45, 7) is 4.33. The van der Waals surface area contributed by atoms with Crippen molar-refractivity contribution in [2.75, 3.05) is 0 Å². The molecule has 0 saturated heterocycles. The lowest BCUT2D eigenvalue weighted by Crippen LogP contribution is -2.11. The van der Waals surface area contributed by atoms with Crippen molar-refractivity contribution >= 4 is 11.9 Å². The van der Waals surface area contributed by atoms with E-state index in [1.165, 1.54) is 57.8 Å². The summed E-state index contributed by atoms with van der Waals surface area (Å²) in [7, 11) is 0. The molecule has 0 aromatic heterocycles. The molecule has 0 heterocycles. The van der Waals surface area contributed by atoms with Crippen molar-refractivity contribution in [3.8, 4) is 0 Å². The van der Waals surface area contributed by atoms with Gasteiger partial charge in [-0.05, 0) is 12.8 Å². The van der Waals surface area contributed by atoms with E-state index in [0.717, 1.165) is 32.1 Å². The number of rotatable bonds is 16. The van der Waals surface area contributed by atoms with Crippen molar-refractivity contribution in [2.24, 2.45) is 0 Å². The summed E-state index contributed by atoms with van der Waals surface area (Å²) < 4.78 is 4.81. The maximum Gasteiger partial charge on any atom is 0.313 e. The first-order valence-electron chi connectivity index (χ1n) is 9.94. The van der Waals surface area contributed by atoms with Crippen LogP contribution in [0.4, 0.5) is 0 Å². The fraction of sp³-hybridized carbons (Fsp3) is 0.900. The molecule has 136 valence electrons. The van der Waals surface area contributed by atoms with E-state index in [-0.39, 0.29) is 11.9 Å². The van der Waals surface area contributed by atoms with E-state index in [4.69, 9.17) is 4.74 Å².